The molecule has 0 aliphatic rings. The number of esters is 4. The smallest absolute Gasteiger partial charge is 0.462 e. The number of hydrogen-bond donors (Lipinski definition) is 3. The van der Waals surface area contributed by atoms with Gasteiger partial charge in [-0.2, -0.15) is 0 Å². The first-order valence-corrected chi connectivity index (χ1v) is 49.5. The second-order valence-corrected chi connectivity index (χ2v) is 36.0. The van der Waals surface area contributed by atoms with E-state index >= 15 is 0 Å². The van der Waals surface area contributed by atoms with Crippen molar-refractivity contribution in [1.82, 2.24) is 0 Å². The van der Waals surface area contributed by atoms with Crippen LogP contribution in [0.1, 0.15) is 485 Å². The minimum absolute atomic E-state index is 0.107. The summed E-state index contributed by atoms with van der Waals surface area (Å²) in [6.45, 7) is 9.72. The molecule has 0 amide bonds. The van der Waals surface area contributed by atoms with Gasteiger partial charge in [0.2, 0.25) is 0 Å². The molecule has 0 aliphatic carbocycles. The van der Waals surface area contributed by atoms with Crippen molar-refractivity contribution < 1.29 is 80.2 Å². The van der Waals surface area contributed by atoms with Gasteiger partial charge in [0, 0.05) is 25.7 Å². The maximum absolute atomic E-state index is 13.2. The molecule has 0 bridgehead atoms. The van der Waals surface area contributed by atoms with Crippen LogP contribution in [0.4, 0.5) is 0 Å². The lowest BCUT2D eigenvalue weighted by atomic mass is 9.99. The molecule has 0 radical (unpaired) electrons. The summed E-state index contributed by atoms with van der Waals surface area (Å²) in [6.07, 6.45) is 75.0. The first-order chi connectivity index (χ1) is 52.9. The first-order valence-electron chi connectivity index (χ1n) is 46.5. The average Bonchev–Trinajstić information content (AvgIpc) is 0.899. The van der Waals surface area contributed by atoms with Crippen LogP contribution in [0.3, 0.4) is 0 Å². The highest BCUT2D eigenvalue weighted by Gasteiger charge is 2.31. The fourth-order valence-corrected chi connectivity index (χ4v) is 15.7. The molecule has 19 heteroatoms. The first kappa shape index (κ1) is 107. The molecule has 0 aromatic heterocycles. The molecule has 0 aromatic rings. The van der Waals surface area contributed by atoms with E-state index in [-0.39, 0.29) is 25.7 Å². The highest BCUT2D eigenvalue weighted by atomic mass is 31.2. The van der Waals surface area contributed by atoms with E-state index in [0.717, 1.165) is 102 Å². The number of ether oxygens (including phenoxy) is 4. The van der Waals surface area contributed by atoms with Gasteiger partial charge < -0.3 is 33.8 Å². The summed E-state index contributed by atoms with van der Waals surface area (Å²) in [7, 11) is -9.94. The van der Waals surface area contributed by atoms with Crippen LogP contribution in [0.25, 0.3) is 0 Å². The number of phosphoric ester groups is 2. The van der Waals surface area contributed by atoms with Gasteiger partial charge >= 0.3 is 39.5 Å². The molecule has 3 N–H and O–H groups in total. The van der Waals surface area contributed by atoms with Crippen molar-refractivity contribution in [2.45, 2.75) is 503 Å². The third-order valence-electron chi connectivity index (χ3n) is 21.6. The van der Waals surface area contributed by atoms with Gasteiger partial charge in [0.1, 0.15) is 19.3 Å². The fraction of sp³-hybridized carbons (Fsp3) is 0.956. The molecule has 17 nitrogen and oxygen atoms in total. The standard InChI is InChI=1S/C90H176O17P2/c1-7-10-12-14-16-18-20-22-24-26-28-29-30-31-33-35-40-44-48-56-62-68-74-89(94)106-85(78-100-87(92)72-66-60-54-47-43-39-34-32-27-25-23-21-19-17-15-13-11-8-2)80-104-108(96,97)102-76-84(91)77-103-109(98,99)105-81-86(79-101-88(93)73-67-61-55-51-50-53-59-65-71-83(6)9-3)107-90(95)75-69-63-57-49-45-41-37-36-38-42-46-52-58-64-70-82(4)5/h82-86,91H,7-81H2,1-6H3,(H,96,97)(H,98,99)/t83?,84-,85-,86-/m1/s1. The van der Waals surface area contributed by atoms with Crippen LogP contribution in [0.2, 0.25) is 0 Å². The Hall–Kier alpha value is -1.94. The number of aliphatic hydroxyl groups is 1. The Bertz CT molecular complexity index is 2080. The molecule has 0 saturated heterocycles. The number of aliphatic hydroxyl groups excluding tert-OH is 1. The minimum atomic E-state index is -4.97. The lowest BCUT2D eigenvalue weighted by molar-refractivity contribution is -0.161. The van der Waals surface area contributed by atoms with Gasteiger partial charge in [0.15, 0.2) is 12.2 Å². The van der Waals surface area contributed by atoms with Gasteiger partial charge in [0.05, 0.1) is 26.4 Å². The van der Waals surface area contributed by atoms with Crippen molar-refractivity contribution >= 4 is 39.5 Å². The lowest BCUT2D eigenvalue weighted by Gasteiger charge is -2.21. The van der Waals surface area contributed by atoms with E-state index in [4.69, 9.17) is 37.0 Å². The molecule has 109 heavy (non-hydrogen) atoms. The van der Waals surface area contributed by atoms with Crippen LogP contribution in [-0.2, 0) is 65.4 Å². The molecular weight excluding hydrogens is 1410 g/mol. The van der Waals surface area contributed by atoms with Crippen molar-refractivity contribution in [3.8, 4) is 0 Å². The Balaban J connectivity index is 5.25. The Morgan fingerprint density at radius 3 is 0.697 bits per heavy atom. The number of carbonyl (C=O) groups is 4. The second kappa shape index (κ2) is 81.2. The largest absolute Gasteiger partial charge is 0.472 e. The topological polar surface area (TPSA) is 237 Å². The molecule has 0 aliphatic heterocycles. The van der Waals surface area contributed by atoms with Crippen molar-refractivity contribution in [3.63, 3.8) is 0 Å². The monoisotopic (exact) mass is 1590 g/mol. The van der Waals surface area contributed by atoms with Crippen LogP contribution in [0.5, 0.6) is 0 Å². The van der Waals surface area contributed by atoms with Gasteiger partial charge in [-0.25, -0.2) is 9.13 Å². The zero-order valence-electron chi connectivity index (χ0n) is 71.9. The van der Waals surface area contributed by atoms with E-state index in [2.05, 4.69) is 41.5 Å². The second-order valence-electron chi connectivity index (χ2n) is 33.1. The maximum atomic E-state index is 13.2. The molecule has 0 saturated carbocycles. The van der Waals surface area contributed by atoms with E-state index in [1.54, 1.807) is 0 Å². The summed E-state index contributed by atoms with van der Waals surface area (Å²) in [5.41, 5.74) is 0. The molecular formula is C90H176O17P2. The van der Waals surface area contributed by atoms with Gasteiger partial charge in [-0.1, -0.05) is 433 Å². The zero-order valence-corrected chi connectivity index (χ0v) is 73.7. The summed E-state index contributed by atoms with van der Waals surface area (Å²) in [5, 5.41) is 10.7. The van der Waals surface area contributed by atoms with Crippen LogP contribution >= 0.6 is 15.6 Å². The zero-order chi connectivity index (χ0) is 79.9. The van der Waals surface area contributed by atoms with E-state index in [9.17, 15) is 43.2 Å². The van der Waals surface area contributed by atoms with E-state index in [1.165, 1.54) is 302 Å². The molecule has 6 atom stereocenters. The van der Waals surface area contributed by atoms with Gasteiger partial charge in [-0.3, -0.25) is 37.3 Å². The van der Waals surface area contributed by atoms with E-state index in [0.29, 0.717) is 25.7 Å². The number of phosphoric acid groups is 2. The third kappa shape index (κ3) is 82.4. The molecule has 0 aromatic carbocycles. The molecule has 0 fully saturated rings. The number of hydrogen-bond acceptors (Lipinski definition) is 15. The Labute approximate surface area is 670 Å². The van der Waals surface area contributed by atoms with Gasteiger partial charge in [-0.15, -0.1) is 0 Å². The van der Waals surface area contributed by atoms with Crippen molar-refractivity contribution in [2.24, 2.45) is 11.8 Å². The predicted octanol–water partition coefficient (Wildman–Crippen LogP) is 27.8. The number of rotatable bonds is 89. The maximum Gasteiger partial charge on any atom is 0.472 e. The normalized spacial score (nSPS) is 14.0. The summed E-state index contributed by atoms with van der Waals surface area (Å²) >= 11 is 0. The minimum Gasteiger partial charge on any atom is -0.462 e. The number of carbonyl (C=O) groups excluding carboxylic acids is 4. The van der Waals surface area contributed by atoms with Crippen molar-refractivity contribution in [3.05, 3.63) is 0 Å². The SMILES string of the molecule is CCCCCCCCCCCCCCCCCCCCCCCCC(=O)O[C@H](COC(=O)CCCCCCCCCCCCCCCCCCCC)COP(=O)(O)OC[C@@H](O)COP(=O)(O)OC[C@@H](COC(=O)CCCCCCCCCCC(C)CC)OC(=O)CCCCCCCCCCCCCCCCC(C)C. The summed E-state index contributed by atoms with van der Waals surface area (Å²) < 4.78 is 69.1. The van der Waals surface area contributed by atoms with Crippen LogP contribution in [0, 0.1) is 11.8 Å². The van der Waals surface area contributed by atoms with Gasteiger partial charge in [-0.05, 0) is 37.5 Å². The summed E-state index contributed by atoms with van der Waals surface area (Å²) in [4.78, 5) is 73.4. The number of unbranched alkanes of at least 4 members (excludes halogenated alkanes) is 58. The highest BCUT2D eigenvalue weighted by molar-refractivity contribution is 7.47. The average molecular weight is 1590 g/mol. The highest BCUT2D eigenvalue weighted by Crippen LogP contribution is 2.45. The quantitative estimate of drug-likeness (QED) is 0.0222. The Morgan fingerprint density at radius 2 is 0.468 bits per heavy atom. The van der Waals surface area contributed by atoms with Crippen molar-refractivity contribution in [2.75, 3.05) is 39.6 Å². The molecule has 0 spiro atoms. The third-order valence-corrected chi connectivity index (χ3v) is 23.5. The fourth-order valence-electron chi connectivity index (χ4n) is 14.1. The summed E-state index contributed by atoms with van der Waals surface area (Å²) in [5.74, 6) is -0.525. The molecule has 648 valence electrons. The van der Waals surface area contributed by atoms with E-state index < -0.39 is 97.5 Å². The van der Waals surface area contributed by atoms with Crippen molar-refractivity contribution in [1.29, 1.82) is 0 Å². The predicted molar refractivity (Wildman–Crippen MR) is 451 cm³/mol. The van der Waals surface area contributed by atoms with Crippen LogP contribution in [0.15, 0.2) is 0 Å². The lowest BCUT2D eigenvalue weighted by Crippen LogP contribution is -2.30. The van der Waals surface area contributed by atoms with Crippen LogP contribution < -0.4 is 0 Å². The summed E-state index contributed by atoms with van der Waals surface area (Å²) in [6, 6.07) is 0. The molecule has 3 unspecified atom stereocenters. The Kier molecular flexibility index (Phi) is 79.8. The molecule has 0 heterocycles. The van der Waals surface area contributed by atoms with Crippen LogP contribution in [-0.4, -0.2) is 96.7 Å². The molecule has 0 rings (SSSR count). The van der Waals surface area contributed by atoms with E-state index in [1.807, 2.05) is 0 Å². The van der Waals surface area contributed by atoms with Gasteiger partial charge in [0.25, 0.3) is 0 Å². The Morgan fingerprint density at radius 1 is 0.266 bits per heavy atom.